The quantitative estimate of drug-likeness (QED) is 0.851. The number of aromatic nitrogens is 1. The zero-order valence-corrected chi connectivity index (χ0v) is 11.5. The van der Waals surface area contributed by atoms with Crippen LogP contribution in [-0.4, -0.2) is 38.7 Å². The molecule has 1 aromatic heterocycles. The molecule has 0 aromatic carbocycles. The molecule has 2 aliphatic rings. The Hall–Kier alpha value is -1.18. The Morgan fingerprint density at radius 2 is 2.21 bits per heavy atom. The number of ether oxygens (including phenoxy) is 1. The van der Waals surface area contributed by atoms with Crippen LogP contribution in [0.5, 0.6) is 0 Å². The molecular weight excluding hydrogens is 266 g/mol. The first-order chi connectivity index (χ1) is 9.08. The van der Waals surface area contributed by atoms with Gasteiger partial charge in [0.15, 0.2) is 0 Å². The van der Waals surface area contributed by atoms with E-state index >= 15 is 0 Å². The monoisotopic (exact) mass is 283 g/mol. The number of sulfonamides is 1. The van der Waals surface area contributed by atoms with Crippen molar-refractivity contribution in [2.24, 2.45) is 0 Å². The van der Waals surface area contributed by atoms with E-state index in [1.54, 1.807) is 19.2 Å². The smallest absolute Gasteiger partial charge is 0.242 e. The number of hydrogen-bond donors (Lipinski definition) is 2. The fraction of sp³-hybridized carbons (Fsp3) is 0.583. The third kappa shape index (κ3) is 2.45. The van der Waals surface area contributed by atoms with Gasteiger partial charge in [0, 0.05) is 13.2 Å². The van der Waals surface area contributed by atoms with Crippen molar-refractivity contribution in [3.8, 4) is 0 Å². The van der Waals surface area contributed by atoms with Crippen LogP contribution in [0.4, 0.5) is 5.82 Å². The minimum absolute atomic E-state index is 0.0318. The summed E-state index contributed by atoms with van der Waals surface area (Å²) in [4.78, 5) is 4.21. The van der Waals surface area contributed by atoms with Gasteiger partial charge in [-0.05, 0) is 31.4 Å². The van der Waals surface area contributed by atoms with Crippen molar-refractivity contribution in [2.75, 3.05) is 12.4 Å². The Morgan fingerprint density at radius 3 is 2.74 bits per heavy atom. The number of anilines is 1. The number of hydrogen-bond acceptors (Lipinski definition) is 5. The Balaban J connectivity index is 1.75. The second-order valence-corrected chi connectivity index (χ2v) is 6.68. The van der Waals surface area contributed by atoms with Crippen molar-refractivity contribution in [3.05, 3.63) is 18.3 Å². The van der Waals surface area contributed by atoms with E-state index in [4.69, 9.17) is 4.74 Å². The number of fused-ring (bicyclic) bond motifs is 2. The maximum absolute atomic E-state index is 12.2. The van der Waals surface area contributed by atoms with Gasteiger partial charge in [0.25, 0.3) is 0 Å². The summed E-state index contributed by atoms with van der Waals surface area (Å²) >= 11 is 0. The van der Waals surface area contributed by atoms with E-state index < -0.39 is 10.0 Å². The van der Waals surface area contributed by atoms with Gasteiger partial charge in [0.1, 0.15) is 10.7 Å². The molecule has 0 spiro atoms. The zero-order valence-electron chi connectivity index (χ0n) is 10.7. The highest BCUT2D eigenvalue weighted by Crippen LogP contribution is 2.34. The van der Waals surface area contributed by atoms with Crippen LogP contribution < -0.4 is 10.0 Å². The highest BCUT2D eigenvalue weighted by molar-refractivity contribution is 7.89. The van der Waals surface area contributed by atoms with E-state index in [9.17, 15) is 8.42 Å². The van der Waals surface area contributed by atoms with E-state index in [0.29, 0.717) is 5.82 Å². The fourth-order valence-corrected chi connectivity index (χ4v) is 3.94. The number of nitrogens with zero attached hydrogens (tertiary/aromatic N) is 1. The topological polar surface area (TPSA) is 80.3 Å². The van der Waals surface area contributed by atoms with Crippen LogP contribution in [0.3, 0.4) is 0 Å². The summed E-state index contributed by atoms with van der Waals surface area (Å²) < 4.78 is 32.9. The molecule has 7 heteroatoms. The van der Waals surface area contributed by atoms with Gasteiger partial charge >= 0.3 is 0 Å². The first-order valence-electron chi connectivity index (χ1n) is 6.40. The van der Waals surface area contributed by atoms with Crippen molar-refractivity contribution in [1.82, 2.24) is 9.71 Å². The zero-order chi connectivity index (χ0) is 13.5. The molecule has 2 N–H and O–H groups in total. The average molecular weight is 283 g/mol. The van der Waals surface area contributed by atoms with E-state index in [-0.39, 0.29) is 23.1 Å². The van der Waals surface area contributed by atoms with Gasteiger partial charge in [0.2, 0.25) is 10.0 Å². The third-order valence-corrected chi connectivity index (χ3v) is 5.19. The lowest BCUT2D eigenvalue weighted by molar-refractivity contribution is 0.0996. The highest BCUT2D eigenvalue weighted by Gasteiger charge is 2.42. The Morgan fingerprint density at radius 1 is 1.37 bits per heavy atom. The van der Waals surface area contributed by atoms with Crippen LogP contribution in [0, 0.1) is 0 Å². The summed E-state index contributed by atoms with van der Waals surface area (Å²) in [7, 11) is -1.77. The van der Waals surface area contributed by atoms with Gasteiger partial charge in [-0.25, -0.2) is 18.1 Å². The van der Waals surface area contributed by atoms with Crippen molar-refractivity contribution in [2.45, 2.75) is 42.4 Å². The second-order valence-electron chi connectivity index (χ2n) is 4.97. The van der Waals surface area contributed by atoms with Gasteiger partial charge in [-0.15, -0.1) is 0 Å². The molecule has 0 aliphatic carbocycles. The van der Waals surface area contributed by atoms with Gasteiger partial charge in [-0.3, -0.25) is 0 Å². The van der Waals surface area contributed by atoms with Gasteiger partial charge in [0.05, 0.1) is 18.2 Å². The third-order valence-electron chi connectivity index (χ3n) is 3.72. The van der Waals surface area contributed by atoms with E-state index in [2.05, 4.69) is 15.0 Å². The maximum Gasteiger partial charge on any atom is 0.242 e. The summed E-state index contributed by atoms with van der Waals surface area (Å²) in [6, 6.07) is 3.09. The summed E-state index contributed by atoms with van der Waals surface area (Å²) in [5, 5.41) is 2.85. The molecule has 2 saturated heterocycles. The lowest BCUT2D eigenvalue weighted by Crippen LogP contribution is -2.41. The predicted molar refractivity (Wildman–Crippen MR) is 70.4 cm³/mol. The van der Waals surface area contributed by atoms with Crippen LogP contribution in [0.15, 0.2) is 23.2 Å². The maximum atomic E-state index is 12.2. The molecule has 1 aromatic rings. The normalized spacial score (nSPS) is 29.6. The van der Waals surface area contributed by atoms with Crippen LogP contribution in [0.1, 0.15) is 19.3 Å². The molecule has 104 valence electrons. The number of nitrogens with one attached hydrogen (secondary N) is 2. The van der Waals surface area contributed by atoms with Crippen LogP contribution in [-0.2, 0) is 14.8 Å². The molecule has 3 rings (SSSR count). The van der Waals surface area contributed by atoms with Crippen molar-refractivity contribution in [1.29, 1.82) is 0 Å². The number of pyridine rings is 1. The molecule has 2 bridgehead atoms. The molecule has 19 heavy (non-hydrogen) atoms. The van der Waals surface area contributed by atoms with E-state index in [0.717, 1.165) is 19.3 Å². The van der Waals surface area contributed by atoms with E-state index in [1.807, 2.05) is 0 Å². The molecule has 3 heterocycles. The standard InChI is InChI=1S/C12H17N3O3S/c1-13-12-5-3-9(7-14-12)19(16,17)15-10-6-8-2-4-11(10)18-8/h3,5,7-8,10-11,15H,2,4,6H2,1H3,(H,13,14). The second kappa shape index (κ2) is 4.73. The van der Waals surface area contributed by atoms with Gasteiger partial charge in [-0.2, -0.15) is 0 Å². The SMILES string of the molecule is CNc1ccc(S(=O)(=O)NC2CC3CCC2O3)cn1. The molecule has 0 saturated carbocycles. The molecule has 3 atom stereocenters. The molecule has 0 radical (unpaired) electrons. The largest absolute Gasteiger partial charge is 0.373 e. The first-order valence-corrected chi connectivity index (χ1v) is 7.88. The van der Waals surface area contributed by atoms with Gasteiger partial charge < -0.3 is 10.1 Å². The molecular formula is C12H17N3O3S. The minimum Gasteiger partial charge on any atom is -0.373 e. The summed E-state index contributed by atoms with van der Waals surface area (Å²) in [5.41, 5.74) is 0. The molecule has 0 amide bonds. The Bertz CT molecular complexity index is 558. The Labute approximate surface area is 112 Å². The molecule has 2 aliphatic heterocycles. The minimum atomic E-state index is -3.51. The molecule has 6 nitrogen and oxygen atoms in total. The molecule has 2 fully saturated rings. The highest BCUT2D eigenvalue weighted by atomic mass is 32.2. The van der Waals surface area contributed by atoms with Crippen LogP contribution >= 0.6 is 0 Å². The average Bonchev–Trinajstić information content (AvgIpc) is 3.00. The number of rotatable bonds is 4. The van der Waals surface area contributed by atoms with Crippen molar-refractivity contribution in [3.63, 3.8) is 0 Å². The van der Waals surface area contributed by atoms with Crippen molar-refractivity contribution >= 4 is 15.8 Å². The molecule has 3 unspecified atom stereocenters. The predicted octanol–water partition coefficient (Wildman–Crippen LogP) is 0.721. The van der Waals surface area contributed by atoms with Crippen LogP contribution in [0.25, 0.3) is 0 Å². The summed E-state index contributed by atoms with van der Waals surface area (Å²) in [5.74, 6) is 0.641. The lowest BCUT2D eigenvalue weighted by atomic mass is 9.96. The van der Waals surface area contributed by atoms with E-state index in [1.165, 1.54) is 6.20 Å². The van der Waals surface area contributed by atoms with Crippen molar-refractivity contribution < 1.29 is 13.2 Å². The van der Waals surface area contributed by atoms with Gasteiger partial charge in [-0.1, -0.05) is 0 Å². The summed E-state index contributed by atoms with van der Waals surface area (Å²) in [6.45, 7) is 0. The first kappa shape index (κ1) is 12.8. The fourth-order valence-electron chi connectivity index (χ4n) is 2.72. The Kier molecular flexibility index (Phi) is 3.20. The lowest BCUT2D eigenvalue weighted by Gasteiger charge is -2.19. The van der Waals surface area contributed by atoms with Crippen LogP contribution in [0.2, 0.25) is 0 Å². The summed E-state index contributed by atoms with van der Waals surface area (Å²) in [6.07, 6.45) is 4.37.